The van der Waals surface area contributed by atoms with Crippen LogP contribution in [0.25, 0.3) is 11.0 Å². The Balaban J connectivity index is 1.30. The van der Waals surface area contributed by atoms with E-state index in [2.05, 4.69) is 58.5 Å². The Kier molecular flexibility index (Phi) is 6.60. The first-order valence-electron chi connectivity index (χ1n) is 11.9. The number of benzene rings is 2. The van der Waals surface area contributed by atoms with Crippen LogP contribution in [0.1, 0.15) is 33.4 Å². The first kappa shape index (κ1) is 23.4. The van der Waals surface area contributed by atoms with Crippen LogP contribution < -0.4 is 16.6 Å². The first-order chi connectivity index (χ1) is 17.5. The highest BCUT2D eigenvalue weighted by Crippen LogP contribution is 2.22. The van der Waals surface area contributed by atoms with Crippen molar-refractivity contribution < 1.29 is 0 Å². The number of rotatable bonds is 8. The normalized spacial score (nSPS) is 11.2. The van der Waals surface area contributed by atoms with Crippen molar-refractivity contribution in [1.82, 2.24) is 24.3 Å². The van der Waals surface area contributed by atoms with Gasteiger partial charge in [-0.2, -0.15) is 5.10 Å². The molecule has 182 valence electrons. The summed E-state index contributed by atoms with van der Waals surface area (Å²) in [6.07, 6.45) is 5.32. The van der Waals surface area contributed by atoms with Gasteiger partial charge in [0.1, 0.15) is 12.1 Å². The predicted molar refractivity (Wildman–Crippen MR) is 142 cm³/mol. The molecule has 3 heterocycles. The Morgan fingerprint density at radius 3 is 2.33 bits per heavy atom. The maximum Gasteiger partial charge on any atom is 0.250 e. The topological polar surface area (TPSA) is 104 Å². The van der Waals surface area contributed by atoms with Gasteiger partial charge in [-0.1, -0.05) is 42.5 Å². The third-order valence-electron chi connectivity index (χ3n) is 6.41. The number of hydrogen-bond acceptors (Lipinski definition) is 6. The van der Waals surface area contributed by atoms with Crippen LogP contribution in [0.15, 0.2) is 78.1 Å². The third kappa shape index (κ3) is 5.04. The number of hydrogen-bond donors (Lipinski definition) is 2. The van der Waals surface area contributed by atoms with Gasteiger partial charge >= 0.3 is 0 Å². The van der Waals surface area contributed by atoms with E-state index in [0.717, 1.165) is 27.9 Å². The van der Waals surface area contributed by atoms with Crippen LogP contribution in [-0.2, 0) is 26.2 Å². The number of anilines is 1. The van der Waals surface area contributed by atoms with E-state index < -0.39 is 0 Å². The monoisotopic (exact) mass is 479 g/mol. The van der Waals surface area contributed by atoms with Gasteiger partial charge in [0.25, 0.3) is 5.56 Å². The van der Waals surface area contributed by atoms with Gasteiger partial charge in [0, 0.05) is 31.5 Å². The maximum atomic E-state index is 12.0. The molecule has 5 rings (SSSR count). The van der Waals surface area contributed by atoms with E-state index in [9.17, 15) is 4.79 Å². The summed E-state index contributed by atoms with van der Waals surface area (Å²) in [5, 5.41) is 9.00. The number of aryl methyl sites for hydroxylation is 2. The molecule has 0 aliphatic heterocycles. The van der Waals surface area contributed by atoms with Crippen molar-refractivity contribution >= 4 is 16.9 Å². The molecule has 0 atom stereocenters. The molecular weight excluding hydrogens is 450 g/mol. The van der Waals surface area contributed by atoms with Gasteiger partial charge < -0.3 is 15.6 Å². The summed E-state index contributed by atoms with van der Waals surface area (Å²) < 4.78 is 3.58. The molecule has 0 unspecified atom stereocenters. The molecule has 2 aromatic carbocycles. The molecule has 3 aromatic heterocycles. The van der Waals surface area contributed by atoms with Crippen molar-refractivity contribution in [1.29, 1.82) is 0 Å². The molecule has 5 aromatic rings. The second-order valence-electron chi connectivity index (χ2n) is 9.04. The van der Waals surface area contributed by atoms with Crippen LogP contribution in [0.2, 0.25) is 0 Å². The van der Waals surface area contributed by atoms with Crippen molar-refractivity contribution in [3.05, 3.63) is 117 Å². The minimum absolute atomic E-state index is 0.00627. The molecule has 8 heteroatoms. The molecule has 0 saturated carbocycles. The summed E-state index contributed by atoms with van der Waals surface area (Å²) in [4.78, 5) is 20.8. The van der Waals surface area contributed by atoms with Gasteiger partial charge in [0.15, 0.2) is 5.65 Å². The molecule has 0 amide bonds. The first-order valence-corrected chi connectivity index (χ1v) is 11.9. The average molecular weight is 480 g/mol. The van der Waals surface area contributed by atoms with Crippen LogP contribution >= 0.6 is 0 Å². The van der Waals surface area contributed by atoms with Gasteiger partial charge in [-0.25, -0.2) is 9.97 Å². The summed E-state index contributed by atoms with van der Waals surface area (Å²) in [5.41, 5.74) is 13.4. The quantitative estimate of drug-likeness (QED) is 0.351. The molecule has 0 bridgehead atoms. The van der Waals surface area contributed by atoms with Crippen molar-refractivity contribution in [3.8, 4) is 0 Å². The standard InChI is InChI=1S/C28H29N7O/c1-19-11-23(13-29)12-20(2)24(19)14-30-27-25-17-35(33-28(25)32-18-31-27)16-22-8-6-21(7-9-22)15-34-10-4-3-5-26(34)36/h3-12,17-18H,13-16,29H2,1-2H3,(H,30,31,32,33). The minimum atomic E-state index is -0.00627. The predicted octanol–water partition coefficient (Wildman–Crippen LogP) is 3.77. The Hall–Kier alpha value is -4.30. The number of aromatic nitrogens is 5. The zero-order chi connectivity index (χ0) is 25.1. The molecule has 36 heavy (non-hydrogen) atoms. The molecule has 0 aliphatic rings. The third-order valence-corrected chi connectivity index (χ3v) is 6.41. The summed E-state index contributed by atoms with van der Waals surface area (Å²) in [6.45, 7) is 6.58. The Morgan fingerprint density at radius 1 is 0.917 bits per heavy atom. The molecule has 0 radical (unpaired) electrons. The molecule has 0 fully saturated rings. The van der Waals surface area contributed by atoms with Crippen molar-refractivity contribution in [2.45, 2.75) is 40.0 Å². The lowest BCUT2D eigenvalue weighted by Crippen LogP contribution is -2.18. The lowest BCUT2D eigenvalue weighted by Gasteiger charge is -2.13. The summed E-state index contributed by atoms with van der Waals surface area (Å²) in [6, 6.07) is 17.7. The lowest BCUT2D eigenvalue weighted by atomic mass is 9.99. The average Bonchev–Trinajstić information content (AvgIpc) is 3.29. The highest BCUT2D eigenvalue weighted by molar-refractivity contribution is 5.85. The minimum Gasteiger partial charge on any atom is -0.365 e. The highest BCUT2D eigenvalue weighted by atomic mass is 16.1. The SMILES string of the molecule is Cc1cc(CN)cc(C)c1CNc1ncnc2nn(Cc3ccc(Cn4ccccc4=O)cc3)cc12. The van der Waals surface area contributed by atoms with Crippen LogP contribution in [0.4, 0.5) is 5.82 Å². The fraction of sp³-hybridized carbons (Fsp3) is 0.214. The second kappa shape index (κ2) is 10.1. The van der Waals surface area contributed by atoms with Crippen molar-refractivity contribution in [3.63, 3.8) is 0 Å². The Morgan fingerprint density at radius 2 is 1.64 bits per heavy atom. The van der Waals surface area contributed by atoms with Gasteiger partial charge in [-0.3, -0.25) is 9.48 Å². The number of nitrogens with one attached hydrogen (secondary N) is 1. The number of pyridine rings is 1. The highest BCUT2D eigenvalue weighted by Gasteiger charge is 2.11. The molecule has 0 aliphatic carbocycles. The summed E-state index contributed by atoms with van der Waals surface area (Å²) in [7, 11) is 0. The largest absolute Gasteiger partial charge is 0.365 e. The fourth-order valence-electron chi connectivity index (χ4n) is 4.48. The zero-order valence-corrected chi connectivity index (χ0v) is 20.5. The van der Waals surface area contributed by atoms with E-state index in [-0.39, 0.29) is 5.56 Å². The van der Waals surface area contributed by atoms with Gasteiger partial charge in [-0.05, 0) is 53.3 Å². The number of fused-ring (bicyclic) bond motifs is 1. The van der Waals surface area contributed by atoms with Crippen molar-refractivity contribution in [2.24, 2.45) is 5.73 Å². The van der Waals surface area contributed by atoms with Crippen molar-refractivity contribution in [2.75, 3.05) is 5.32 Å². The smallest absolute Gasteiger partial charge is 0.250 e. The van der Waals surface area contributed by atoms with Gasteiger partial charge in [-0.15, -0.1) is 0 Å². The van der Waals surface area contributed by atoms with Gasteiger partial charge in [0.05, 0.1) is 18.5 Å². The van der Waals surface area contributed by atoms with Crippen LogP contribution in [0.3, 0.4) is 0 Å². The van der Waals surface area contributed by atoms with E-state index in [1.165, 1.54) is 16.7 Å². The van der Waals surface area contributed by atoms with E-state index in [1.807, 2.05) is 29.1 Å². The molecule has 0 saturated heterocycles. The fourth-order valence-corrected chi connectivity index (χ4v) is 4.48. The Bertz CT molecular complexity index is 1540. The van der Waals surface area contributed by atoms with E-state index in [0.29, 0.717) is 31.8 Å². The zero-order valence-electron chi connectivity index (χ0n) is 20.5. The lowest BCUT2D eigenvalue weighted by molar-refractivity contribution is 0.692. The molecule has 0 spiro atoms. The van der Waals surface area contributed by atoms with Crippen LogP contribution in [0.5, 0.6) is 0 Å². The number of nitrogens with two attached hydrogens (primary N) is 1. The maximum absolute atomic E-state index is 12.0. The van der Waals surface area contributed by atoms with E-state index in [1.54, 1.807) is 29.2 Å². The molecule has 8 nitrogen and oxygen atoms in total. The van der Waals surface area contributed by atoms with E-state index >= 15 is 0 Å². The van der Waals surface area contributed by atoms with Gasteiger partial charge in [0.2, 0.25) is 0 Å². The summed E-state index contributed by atoms with van der Waals surface area (Å²) in [5.74, 6) is 0.761. The van der Waals surface area contributed by atoms with E-state index in [4.69, 9.17) is 5.73 Å². The van der Waals surface area contributed by atoms with Crippen LogP contribution in [-0.4, -0.2) is 24.3 Å². The Labute approximate surface area is 209 Å². The second-order valence-corrected chi connectivity index (χ2v) is 9.04. The molecule has 3 N–H and O–H groups in total. The number of nitrogens with zero attached hydrogens (tertiary/aromatic N) is 5. The van der Waals surface area contributed by atoms with Crippen LogP contribution in [0, 0.1) is 13.8 Å². The summed E-state index contributed by atoms with van der Waals surface area (Å²) >= 11 is 0. The molecular formula is C28H29N7O.